The second-order valence-corrected chi connectivity index (χ2v) is 11.4. The van der Waals surface area contributed by atoms with E-state index in [4.69, 9.17) is 4.99 Å². The number of allylic oxidation sites excluding steroid dienone is 2. The third kappa shape index (κ3) is 3.14. The second kappa shape index (κ2) is 7.01. The van der Waals surface area contributed by atoms with Crippen LogP contribution < -0.4 is 0 Å². The van der Waals surface area contributed by atoms with Crippen LogP contribution in [0, 0.1) is 5.92 Å². The number of rotatable bonds is 4. The van der Waals surface area contributed by atoms with Crippen LogP contribution in [0.4, 0.5) is 0 Å². The first-order valence-corrected chi connectivity index (χ1v) is 12.6. The molecule has 5 heteroatoms. The lowest BCUT2D eigenvalue weighted by molar-refractivity contribution is 0.795. The Morgan fingerprint density at radius 2 is 1.68 bits per heavy atom. The molecule has 0 spiro atoms. The fourth-order valence-electron chi connectivity index (χ4n) is 4.53. The Morgan fingerprint density at radius 3 is 2.42 bits per heavy atom. The molecule has 1 N–H and O–H groups in total. The number of aromatic amines is 1. The van der Waals surface area contributed by atoms with Gasteiger partial charge in [0.25, 0.3) is 0 Å². The molecule has 6 rings (SSSR count). The van der Waals surface area contributed by atoms with Gasteiger partial charge < -0.3 is 4.98 Å². The van der Waals surface area contributed by atoms with E-state index in [-0.39, 0.29) is 0 Å². The van der Waals surface area contributed by atoms with Crippen LogP contribution in [0.25, 0.3) is 36.0 Å². The molecule has 156 valence electrons. The highest BCUT2D eigenvalue weighted by molar-refractivity contribution is 7.31. The van der Waals surface area contributed by atoms with Crippen molar-refractivity contribution in [3.8, 4) is 21.0 Å². The van der Waals surface area contributed by atoms with Crippen molar-refractivity contribution < 1.29 is 0 Å². The zero-order valence-corrected chi connectivity index (χ0v) is 19.9. The molecule has 0 fully saturated rings. The zero-order valence-electron chi connectivity index (χ0n) is 18.2. The highest BCUT2D eigenvalue weighted by Gasteiger charge is 2.28. The second-order valence-electron chi connectivity index (χ2n) is 9.20. The SMILES string of the molecule is CC(C)C1=NC2=C(C1)c1ccc(-c3cc4sc(-c5cnc(C(C)C)[nH]5)cc4s3)cc1C2. The summed E-state index contributed by atoms with van der Waals surface area (Å²) in [4.78, 5) is 15.5. The molecule has 2 aliphatic rings. The average Bonchev–Trinajstić information content (AvgIpc) is 3.50. The van der Waals surface area contributed by atoms with Gasteiger partial charge in [-0.15, -0.1) is 22.7 Å². The van der Waals surface area contributed by atoms with Gasteiger partial charge >= 0.3 is 0 Å². The number of nitrogens with one attached hydrogen (secondary N) is 1. The number of hydrogen-bond acceptors (Lipinski definition) is 4. The van der Waals surface area contributed by atoms with Crippen LogP contribution in [-0.4, -0.2) is 15.7 Å². The van der Waals surface area contributed by atoms with Crippen molar-refractivity contribution in [2.24, 2.45) is 10.9 Å². The molecule has 0 saturated carbocycles. The molecule has 1 aliphatic heterocycles. The lowest BCUT2D eigenvalue weighted by Gasteiger charge is -2.09. The molecule has 3 nitrogen and oxygen atoms in total. The highest BCUT2D eigenvalue weighted by Crippen LogP contribution is 2.45. The molecule has 1 aliphatic carbocycles. The van der Waals surface area contributed by atoms with E-state index in [1.807, 2.05) is 28.9 Å². The molecule has 0 atom stereocenters. The Labute approximate surface area is 190 Å². The minimum Gasteiger partial charge on any atom is -0.341 e. The van der Waals surface area contributed by atoms with Gasteiger partial charge in [-0.3, -0.25) is 4.99 Å². The van der Waals surface area contributed by atoms with E-state index in [1.54, 1.807) is 0 Å². The molecule has 0 saturated heterocycles. The maximum Gasteiger partial charge on any atom is 0.109 e. The van der Waals surface area contributed by atoms with Crippen molar-refractivity contribution in [1.29, 1.82) is 0 Å². The molecule has 31 heavy (non-hydrogen) atoms. The molecule has 4 aromatic rings. The van der Waals surface area contributed by atoms with Gasteiger partial charge in [0.15, 0.2) is 0 Å². The van der Waals surface area contributed by atoms with Gasteiger partial charge in [0.05, 0.1) is 16.8 Å². The summed E-state index contributed by atoms with van der Waals surface area (Å²) in [7, 11) is 0. The van der Waals surface area contributed by atoms with Gasteiger partial charge in [-0.05, 0) is 46.4 Å². The number of hydrogen-bond donors (Lipinski definition) is 1. The van der Waals surface area contributed by atoms with E-state index in [9.17, 15) is 0 Å². The Kier molecular flexibility index (Phi) is 4.34. The van der Waals surface area contributed by atoms with Crippen molar-refractivity contribution in [1.82, 2.24) is 9.97 Å². The summed E-state index contributed by atoms with van der Waals surface area (Å²) in [5.41, 5.74) is 9.40. The molecule has 3 aromatic heterocycles. The molecule has 4 heterocycles. The van der Waals surface area contributed by atoms with Crippen molar-refractivity contribution in [2.75, 3.05) is 0 Å². The summed E-state index contributed by atoms with van der Waals surface area (Å²) >= 11 is 3.73. The van der Waals surface area contributed by atoms with Gasteiger partial charge in [0.2, 0.25) is 0 Å². The summed E-state index contributed by atoms with van der Waals surface area (Å²) in [6, 6.07) is 11.7. The number of imidazole rings is 1. The predicted molar refractivity (Wildman–Crippen MR) is 134 cm³/mol. The van der Waals surface area contributed by atoms with Gasteiger partial charge in [-0.2, -0.15) is 0 Å². The van der Waals surface area contributed by atoms with Crippen molar-refractivity contribution in [3.63, 3.8) is 0 Å². The van der Waals surface area contributed by atoms with E-state index in [0.29, 0.717) is 11.8 Å². The van der Waals surface area contributed by atoms with Crippen LogP contribution in [0.3, 0.4) is 0 Å². The van der Waals surface area contributed by atoms with E-state index in [1.165, 1.54) is 52.8 Å². The third-order valence-corrected chi connectivity index (χ3v) is 8.71. The summed E-state index contributed by atoms with van der Waals surface area (Å²) in [5, 5.41) is 0. The number of thiophene rings is 2. The lowest BCUT2D eigenvalue weighted by Crippen LogP contribution is -2.05. The van der Waals surface area contributed by atoms with Gasteiger partial charge in [-0.25, -0.2) is 4.98 Å². The monoisotopic (exact) mass is 443 g/mol. The average molecular weight is 444 g/mol. The summed E-state index contributed by atoms with van der Waals surface area (Å²) < 4.78 is 2.70. The molecule has 0 unspecified atom stereocenters. The van der Waals surface area contributed by atoms with Gasteiger partial charge in [0.1, 0.15) is 5.82 Å². The molecule has 1 aromatic carbocycles. The number of aliphatic imine (C=N–C) groups is 1. The zero-order chi connectivity index (χ0) is 21.3. The Balaban J connectivity index is 1.28. The largest absolute Gasteiger partial charge is 0.341 e. The van der Waals surface area contributed by atoms with Gasteiger partial charge in [-0.1, -0.05) is 39.8 Å². The van der Waals surface area contributed by atoms with Gasteiger partial charge in [0, 0.05) is 44.4 Å². The maximum absolute atomic E-state index is 4.94. The normalized spacial score (nSPS) is 15.5. The number of benzene rings is 1. The molecule has 0 bridgehead atoms. The fraction of sp³-hybridized carbons (Fsp3) is 0.308. The van der Waals surface area contributed by atoms with E-state index in [0.717, 1.165) is 24.4 Å². The maximum atomic E-state index is 4.94. The number of fused-ring (bicyclic) bond motifs is 3. The minimum atomic E-state index is 0.416. The fourth-order valence-corrected chi connectivity index (χ4v) is 6.89. The van der Waals surface area contributed by atoms with Crippen LogP contribution in [0.5, 0.6) is 0 Å². The lowest BCUT2D eigenvalue weighted by atomic mass is 9.96. The first-order valence-electron chi connectivity index (χ1n) is 11.0. The number of aromatic nitrogens is 2. The first kappa shape index (κ1) is 19.2. The topological polar surface area (TPSA) is 41.0 Å². The van der Waals surface area contributed by atoms with Crippen LogP contribution >= 0.6 is 22.7 Å². The van der Waals surface area contributed by atoms with E-state index >= 15 is 0 Å². The number of nitrogens with zero attached hydrogens (tertiary/aromatic N) is 2. The summed E-state index contributed by atoms with van der Waals surface area (Å²) in [6.45, 7) is 8.82. The summed E-state index contributed by atoms with van der Waals surface area (Å²) in [5.74, 6) is 2.01. The van der Waals surface area contributed by atoms with Crippen LogP contribution in [0.15, 0.2) is 47.2 Å². The van der Waals surface area contributed by atoms with Crippen LogP contribution in [0.2, 0.25) is 0 Å². The van der Waals surface area contributed by atoms with E-state index in [2.05, 4.69) is 68.0 Å². The molecular weight excluding hydrogens is 418 g/mol. The first-order chi connectivity index (χ1) is 15.0. The predicted octanol–water partition coefficient (Wildman–Crippen LogP) is 7.91. The van der Waals surface area contributed by atoms with Crippen molar-refractivity contribution >= 4 is 43.4 Å². The Bertz CT molecular complexity index is 1360. The molecular formula is C26H25N3S2. The van der Waals surface area contributed by atoms with Crippen molar-refractivity contribution in [2.45, 2.75) is 46.5 Å². The van der Waals surface area contributed by atoms with Crippen molar-refractivity contribution in [3.05, 3.63) is 59.2 Å². The van der Waals surface area contributed by atoms with Crippen LogP contribution in [-0.2, 0) is 6.42 Å². The standard InChI is InChI=1S/C26H25N3S2/c1-13(2)19-9-18-17-6-5-15(7-16(17)8-20(18)28-19)22-10-24-25(30-22)11-23(31-24)21-12-27-26(29-21)14(3)4/h5-7,10-14H,8-9H2,1-4H3,(H,27,29). The molecule has 0 amide bonds. The number of H-pyrrole nitrogens is 1. The van der Waals surface area contributed by atoms with E-state index < -0.39 is 0 Å². The smallest absolute Gasteiger partial charge is 0.109 e. The Morgan fingerprint density at radius 1 is 0.903 bits per heavy atom. The quantitative estimate of drug-likeness (QED) is 0.342. The highest BCUT2D eigenvalue weighted by atomic mass is 32.1. The van der Waals surface area contributed by atoms with Crippen LogP contribution in [0.1, 0.15) is 57.0 Å². The minimum absolute atomic E-state index is 0.416. The summed E-state index contributed by atoms with van der Waals surface area (Å²) in [6.07, 6.45) is 3.98. The Hall–Kier alpha value is -2.50. The molecule has 0 radical (unpaired) electrons. The third-order valence-electron chi connectivity index (χ3n) is 6.34.